The molecule has 1 unspecified atom stereocenters. The van der Waals surface area contributed by atoms with Crippen molar-refractivity contribution in [3.05, 3.63) is 77.4 Å². The molecule has 204 valence electrons. The maximum Gasteiger partial charge on any atom is 0.176 e. The molecule has 0 N–H and O–H groups in total. The zero-order valence-electron chi connectivity index (χ0n) is 24.5. The first-order valence-corrected chi connectivity index (χ1v) is 14.1. The van der Waals surface area contributed by atoms with E-state index in [0.29, 0.717) is 12.5 Å². The summed E-state index contributed by atoms with van der Waals surface area (Å²) in [7, 11) is 0. The number of nitrogens with zero attached hydrogens (tertiary/aromatic N) is 3. The summed E-state index contributed by atoms with van der Waals surface area (Å²) >= 11 is 0. The quantitative estimate of drug-likeness (QED) is 0.146. The number of pyridine rings is 2. The highest BCUT2D eigenvalue weighted by molar-refractivity contribution is 5.95. The summed E-state index contributed by atoms with van der Waals surface area (Å²) in [5.41, 5.74) is 9.06. The number of fused-ring (bicyclic) bond motifs is 1. The van der Waals surface area contributed by atoms with E-state index in [1.165, 1.54) is 27.7 Å². The van der Waals surface area contributed by atoms with Gasteiger partial charge in [0, 0.05) is 53.3 Å². The number of hydrogen-bond acceptors (Lipinski definition) is 4. The molecule has 0 bridgehead atoms. The third-order valence-corrected chi connectivity index (χ3v) is 7.42. The highest BCUT2D eigenvalue weighted by atomic mass is 16.5. The van der Waals surface area contributed by atoms with Crippen molar-refractivity contribution >= 4 is 16.8 Å². The Morgan fingerprint density at radius 2 is 1.92 bits per heavy atom. The first-order chi connectivity index (χ1) is 18.7. The molecule has 5 heteroatoms. The number of benzene rings is 1. The Hall–Kier alpha value is -3.69. The summed E-state index contributed by atoms with van der Waals surface area (Å²) in [5, 5.41) is 1.22. The van der Waals surface area contributed by atoms with Crippen LogP contribution in [0, 0.1) is 12.3 Å². The number of ether oxygens (including phenoxy) is 1. The van der Waals surface area contributed by atoms with Crippen LogP contribution in [0.2, 0.25) is 0 Å². The van der Waals surface area contributed by atoms with E-state index >= 15 is 0 Å². The minimum absolute atomic E-state index is 0.229. The topological polar surface area (TPSA) is 57.0 Å². The van der Waals surface area contributed by atoms with Gasteiger partial charge in [0.25, 0.3) is 0 Å². The standard InChI is InChI=1S/C34H41N3O2/c1-8-12-24(4)32-28(17-23(3)20-36-32)33-29(19-34(6,7)22-39-25(5)21-38)27-18-26(30-13-10-11-16-35-30)14-15-31(27)37(33)9-2/h10-11,13-18,20,24H,8-9,12,19,22H2,1-7H3. The van der Waals surface area contributed by atoms with E-state index in [1.807, 2.05) is 30.5 Å². The molecule has 0 aliphatic rings. The Bertz CT molecular complexity index is 1490. The Balaban J connectivity index is 2.00. The molecule has 5 nitrogen and oxygen atoms in total. The predicted octanol–water partition coefficient (Wildman–Crippen LogP) is 8.32. The van der Waals surface area contributed by atoms with Crippen molar-refractivity contribution in [3.63, 3.8) is 0 Å². The lowest BCUT2D eigenvalue weighted by atomic mass is 9.83. The van der Waals surface area contributed by atoms with E-state index in [0.717, 1.165) is 48.3 Å². The van der Waals surface area contributed by atoms with Gasteiger partial charge < -0.3 is 9.30 Å². The van der Waals surface area contributed by atoms with Crippen LogP contribution < -0.4 is 0 Å². The van der Waals surface area contributed by atoms with Crippen LogP contribution in [0.15, 0.2) is 60.6 Å². The fourth-order valence-electron chi connectivity index (χ4n) is 5.53. The van der Waals surface area contributed by atoms with E-state index in [1.54, 1.807) is 6.92 Å². The van der Waals surface area contributed by atoms with Crippen LogP contribution in [-0.2, 0) is 22.5 Å². The average Bonchev–Trinajstić information content (AvgIpc) is 3.23. The molecule has 0 aliphatic heterocycles. The van der Waals surface area contributed by atoms with Gasteiger partial charge in [-0.3, -0.25) is 9.97 Å². The molecular weight excluding hydrogens is 482 g/mol. The van der Waals surface area contributed by atoms with Crippen molar-refractivity contribution in [2.24, 2.45) is 5.41 Å². The molecule has 3 aromatic heterocycles. The molecule has 0 saturated carbocycles. The summed E-state index contributed by atoms with van der Waals surface area (Å²) < 4.78 is 8.23. The van der Waals surface area contributed by atoms with Gasteiger partial charge in [-0.15, -0.1) is 0 Å². The second-order valence-corrected chi connectivity index (χ2v) is 11.4. The molecule has 0 amide bonds. The minimum Gasteiger partial charge on any atom is -0.486 e. The minimum atomic E-state index is -0.229. The molecule has 0 spiro atoms. The van der Waals surface area contributed by atoms with Gasteiger partial charge in [-0.1, -0.05) is 46.2 Å². The number of carbonyl (C=O) groups excluding carboxylic acids is 1. The van der Waals surface area contributed by atoms with Crippen LogP contribution in [0.3, 0.4) is 0 Å². The zero-order valence-corrected chi connectivity index (χ0v) is 24.5. The smallest absolute Gasteiger partial charge is 0.176 e. The van der Waals surface area contributed by atoms with Gasteiger partial charge >= 0.3 is 0 Å². The van der Waals surface area contributed by atoms with Gasteiger partial charge in [-0.2, -0.15) is 0 Å². The third kappa shape index (κ3) is 6.15. The van der Waals surface area contributed by atoms with Gasteiger partial charge in [0.1, 0.15) is 0 Å². The summed E-state index contributed by atoms with van der Waals surface area (Å²) in [6.45, 7) is 16.2. The van der Waals surface area contributed by atoms with Crippen LogP contribution in [0.4, 0.5) is 0 Å². The van der Waals surface area contributed by atoms with Gasteiger partial charge in [-0.25, -0.2) is 4.79 Å². The van der Waals surface area contributed by atoms with E-state index in [4.69, 9.17) is 9.72 Å². The van der Waals surface area contributed by atoms with Crippen LogP contribution in [0.5, 0.6) is 0 Å². The normalized spacial score (nSPS) is 12.4. The van der Waals surface area contributed by atoms with Crippen molar-refractivity contribution in [2.45, 2.75) is 80.2 Å². The Labute approximate surface area is 233 Å². The highest BCUT2D eigenvalue weighted by Gasteiger charge is 2.28. The number of allylic oxidation sites excluding steroid dienone is 1. The maximum atomic E-state index is 11.1. The monoisotopic (exact) mass is 523 g/mol. The molecule has 1 atom stereocenters. The molecular formula is C34H41N3O2. The van der Waals surface area contributed by atoms with E-state index in [2.05, 4.69) is 81.4 Å². The first kappa shape index (κ1) is 28.3. The van der Waals surface area contributed by atoms with Crippen molar-refractivity contribution in [3.8, 4) is 22.5 Å². The molecule has 0 radical (unpaired) electrons. The van der Waals surface area contributed by atoms with E-state index in [-0.39, 0.29) is 11.2 Å². The number of hydrogen-bond donors (Lipinski definition) is 0. The average molecular weight is 524 g/mol. The van der Waals surface area contributed by atoms with Gasteiger partial charge in [0.15, 0.2) is 11.7 Å². The van der Waals surface area contributed by atoms with Crippen molar-refractivity contribution in [1.82, 2.24) is 14.5 Å². The number of rotatable bonds is 11. The summed E-state index contributed by atoms with van der Waals surface area (Å²) in [6, 6.07) is 15.0. The molecule has 3 heterocycles. The molecule has 4 rings (SSSR count). The van der Waals surface area contributed by atoms with Crippen molar-refractivity contribution in [2.75, 3.05) is 6.61 Å². The van der Waals surface area contributed by atoms with Gasteiger partial charge in [0.05, 0.1) is 23.7 Å². The van der Waals surface area contributed by atoms with Crippen LogP contribution in [-0.4, -0.2) is 27.1 Å². The van der Waals surface area contributed by atoms with E-state index in [9.17, 15) is 4.79 Å². The maximum absolute atomic E-state index is 11.1. The molecule has 0 saturated heterocycles. The molecule has 39 heavy (non-hydrogen) atoms. The zero-order chi connectivity index (χ0) is 28.2. The third-order valence-electron chi connectivity index (χ3n) is 7.42. The van der Waals surface area contributed by atoms with Crippen molar-refractivity contribution < 1.29 is 9.53 Å². The van der Waals surface area contributed by atoms with E-state index < -0.39 is 0 Å². The van der Waals surface area contributed by atoms with Crippen LogP contribution in [0.25, 0.3) is 33.4 Å². The Kier molecular flexibility index (Phi) is 8.72. The molecule has 1 aromatic carbocycles. The Morgan fingerprint density at radius 1 is 1.13 bits per heavy atom. The fraction of sp³-hybridized carbons (Fsp3) is 0.412. The first-order valence-electron chi connectivity index (χ1n) is 14.1. The largest absolute Gasteiger partial charge is 0.486 e. The number of aryl methyl sites for hydroxylation is 2. The van der Waals surface area contributed by atoms with Crippen LogP contribution in [0.1, 0.15) is 77.1 Å². The fourth-order valence-corrected chi connectivity index (χ4v) is 5.53. The Morgan fingerprint density at radius 3 is 2.59 bits per heavy atom. The predicted molar refractivity (Wildman–Crippen MR) is 160 cm³/mol. The summed E-state index contributed by atoms with van der Waals surface area (Å²) in [5.74, 6) is 2.51. The second-order valence-electron chi connectivity index (χ2n) is 11.4. The lowest BCUT2D eigenvalue weighted by Crippen LogP contribution is -2.22. The number of aromatic nitrogens is 3. The SMILES string of the molecule is CCCC(C)c1ncc(C)cc1-c1c(CC(C)(C)COC(C)=C=O)c2cc(-c3ccccn3)ccc2n1CC. The highest BCUT2D eigenvalue weighted by Crippen LogP contribution is 2.42. The van der Waals surface area contributed by atoms with Crippen LogP contribution >= 0.6 is 0 Å². The van der Waals surface area contributed by atoms with Gasteiger partial charge in [0.2, 0.25) is 0 Å². The lowest BCUT2D eigenvalue weighted by molar-refractivity contribution is 0.118. The molecule has 0 fully saturated rings. The molecule has 4 aromatic rings. The molecule has 0 aliphatic carbocycles. The summed E-state index contributed by atoms with van der Waals surface area (Å²) in [6.07, 6.45) is 6.81. The van der Waals surface area contributed by atoms with Crippen molar-refractivity contribution in [1.29, 1.82) is 0 Å². The summed E-state index contributed by atoms with van der Waals surface area (Å²) in [4.78, 5) is 20.7. The second kappa shape index (κ2) is 12.0. The lowest BCUT2D eigenvalue weighted by Gasteiger charge is -2.26. The van der Waals surface area contributed by atoms with Gasteiger partial charge in [-0.05, 0) is 74.1 Å².